The molecule has 0 aliphatic carbocycles. The topological polar surface area (TPSA) is 70.2 Å². The van der Waals surface area contributed by atoms with Crippen molar-refractivity contribution in [3.63, 3.8) is 0 Å². The Morgan fingerprint density at radius 1 is 1.12 bits per heavy atom. The van der Waals surface area contributed by atoms with Gasteiger partial charge in [-0.15, -0.1) is 0 Å². The quantitative estimate of drug-likeness (QED) is 0.549. The van der Waals surface area contributed by atoms with E-state index in [1.807, 2.05) is 20.9 Å². The van der Waals surface area contributed by atoms with Crippen LogP contribution in [0.25, 0.3) is 0 Å². The molecule has 0 rings (SSSR count). The van der Waals surface area contributed by atoms with Gasteiger partial charge in [-0.25, -0.2) is 0 Å². The number of carbonyl (C=O) groups excluding carboxylic acids is 2. The molecule has 0 radical (unpaired) electrons. The van der Waals surface area contributed by atoms with Crippen LogP contribution in [0.1, 0.15) is 33.1 Å². The monoisotopic (exact) mass is 229 g/mol. The summed E-state index contributed by atoms with van der Waals surface area (Å²) >= 11 is 0. The molecule has 0 aliphatic rings. The molecule has 0 aromatic heterocycles. The minimum Gasteiger partial charge on any atom is -0.356 e. The third-order valence-electron chi connectivity index (χ3n) is 2.25. The van der Waals surface area contributed by atoms with E-state index in [0.717, 1.165) is 6.42 Å². The smallest absolute Gasteiger partial charge is 0.220 e. The van der Waals surface area contributed by atoms with Crippen LogP contribution in [0.15, 0.2) is 0 Å². The largest absolute Gasteiger partial charge is 0.356 e. The van der Waals surface area contributed by atoms with Gasteiger partial charge < -0.3 is 16.0 Å². The minimum atomic E-state index is -0.0752. The van der Waals surface area contributed by atoms with Gasteiger partial charge in [-0.05, 0) is 20.4 Å². The average Bonchev–Trinajstić information content (AvgIpc) is 2.30. The van der Waals surface area contributed by atoms with Gasteiger partial charge in [0.1, 0.15) is 0 Å². The van der Waals surface area contributed by atoms with Gasteiger partial charge >= 0.3 is 0 Å². The second-order valence-corrected chi connectivity index (χ2v) is 3.84. The van der Waals surface area contributed by atoms with Gasteiger partial charge in [0.05, 0.1) is 0 Å². The lowest BCUT2D eigenvalue weighted by Gasteiger charge is -2.11. The van der Waals surface area contributed by atoms with Crippen LogP contribution >= 0.6 is 0 Å². The van der Waals surface area contributed by atoms with Crippen LogP contribution in [0.5, 0.6) is 0 Å². The molecule has 0 aliphatic heterocycles. The van der Waals surface area contributed by atoms with Crippen molar-refractivity contribution < 1.29 is 9.59 Å². The van der Waals surface area contributed by atoms with E-state index >= 15 is 0 Å². The summed E-state index contributed by atoms with van der Waals surface area (Å²) < 4.78 is 0. The predicted octanol–water partition coefficient (Wildman–Crippen LogP) is 0.0169. The van der Waals surface area contributed by atoms with E-state index in [4.69, 9.17) is 0 Å². The van der Waals surface area contributed by atoms with E-state index in [9.17, 15) is 9.59 Å². The average molecular weight is 229 g/mol. The summed E-state index contributed by atoms with van der Waals surface area (Å²) in [7, 11) is 1.84. The van der Waals surface area contributed by atoms with Crippen molar-refractivity contribution in [2.24, 2.45) is 0 Å². The molecule has 0 aromatic carbocycles. The minimum absolute atomic E-state index is 0.0568. The summed E-state index contributed by atoms with van der Waals surface area (Å²) in [6.45, 7) is 5.24. The first-order valence-corrected chi connectivity index (χ1v) is 5.80. The maximum absolute atomic E-state index is 11.3. The number of carbonyl (C=O) groups is 2. The van der Waals surface area contributed by atoms with Gasteiger partial charge in [0.25, 0.3) is 0 Å². The molecule has 94 valence electrons. The van der Waals surface area contributed by atoms with E-state index in [0.29, 0.717) is 13.1 Å². The van der Waals surface area contributed by atoms with Gasteiger partial charge in [-0.3, -0.25) is 9.59 Å². The Balaban J connectivity index is 3.53. The number of nitrogens with one attached hydrogen (secondary N) is 3. The Labute approximate surface area is 97.4 Å². The third kappa shape index (κ3) is 8.23. The van der Waals surface area contributed by atoms with Crippen LogP contribution in [0.2, 0.25) is 0 Å². The molecule has 5 heteroatoms. The number of hydrogen-bond acceptors (Lipinski definition) is 3. The summed E-state index contributed by atoms with van der Waals surface area (Å²) in [4.78, 5) is 22.5. The van der Waals surface area contributed by atoms with Gasteiger partial charge in [0.2, 0.25) is 11.8 Å². The van der Waals surface area contributed by atoms with Crippen LogP contribution in [0, 0.1) is 0 Å². The second-order valence-electron chi connectivity index (χ2n) is 3.84. The Morgan fingerprint density at radius 3 is 2.19 bits per heavy atom. The molecule has 16 heavy (non-hydrogen) atoms. The Hall–Kier alpha value is -1.10. The second kappa shape index (κ2) is 9.15. The number of amides is 2. The number of likely N-dealkylation sites (N-methyl/N-ethyl adjacent to an activating group) is 1. The SMILES string of the molecule is CCCNC(=O)CCC(=O)NCC(C)NC. The van der Waals surface area contributed by atoms with Gasteiger partial charge in [0, 0.05) is 32.0 Å². The molecule has 3 N–H and O–H groups in total. The van der Waals surface area contributed by atoms with Crippen molar-refractivity contribution in [3.8, 4) is 0 Å². The molecule has 5 nitrogen and oxygen atoms in total. The zero-order chi connectivity index (χ0) is 12.4. The van der Waals surface area contributed by atoms with Crippen molar-refractivity contribution in [2.75, 3.05) is 20.1 Å². The Bertz CT molecular complexity index is 219. The predicted molar refractivity (Wildman–Crippen MR) is 64.1 cm³/mol. The number of rotatable bonds is 8. The van der Waals surface area contributed by atoms with Crippen LogP contribution in [-0.4, -0.2) is 38.0 Å². The molecule has 0 fully saturated rings. The lowest BCUT2D eigenvalue weighted by molar-refractivity contribution is -0.126. The highest BCUT2D eigenvalue weighted by Crippen LogP contribution is 1.89. The maximum Gasteiger partial charge on any atom is 0.220 e. The van der Waals surface area contributed by atoms with E-state index < -0.39 is 0 Å². The molecule has 0 saturated carbocycles. The summed E-state index contributed by atoms with van der Waals surface area (Å²) in [5.41, 5.74) is 0. The van der Waals surface area contributed by atoms with Crippen molar-refractivity contribution in [1.29, 1.82) is 0 Å². The van der Waals surface area contributed by atoms with Crippen molar-refractivity contribution in [2.45, 2.75) is 39.2 Å². The zero-order valence-corrected chi connectivity index (χ0v) is 10.4. The maximum atomic E-state index is 11.3. The molecule has 0 aromatic rings. The van der Waals surface area contributed by atoms with Crippen LogP contribution in [0.3, 0.4) is 0 Å². The van der Waals surface area contributed by atoms with Crippen molar-refractivity contribution in [3.05, 3.63) is 0 Å². The standard InChI is InChI=1S/C11H23N3O2/c1-4-7-13-10(15)5-6-11(16)14-8-9(2)12-3/h9,12H,4-8H2,1-3H3,(H,13,15)(H,14,16). The first-order chi connectivity index (χ1) is 7.60. The van der Waals surface area contributed by atoms with Gasteiger partial charge in [-0.2, -0.15) is 0 Å². The summed E-state index contributed by atoms with van der Waals surface area (Å²) in [6, 6.07) is 0.248. The fourth-order valence-corrected chi connectivity index (χ4v) is 1.04. The van der Waals surface area contributed by atoms with Gasteiger partial charge in [-0.1, -0.05) is 6.92 Å². The molecule has 0 spiro atoms. The molecular weight excluding hydrogens is 206 g/mol. The highest BCUT2D eigenvalue weighted by molar-refractivity contribution is 5.83. The summed E-state index contributed by atoms with van der Waals surface area (Å²) in [6.07, 6.45) is 1.43. The Kier molecular flexibility index (Phi) is 8.52. The summed E-state index contributed by atoms with van der Waals surface area (Å²) in [5.74, 6) is -0.132. The highest BCUT2D eigenvalue weighted by Gasteiger charge is 2.06. The molecule has 2 amide bonds. The van der Waals surface area contributed by atoms with E-state index in [-0.39, 0.29) is 30.7 Å². The zero-order valence-electron chi connectivity index (χ0n) is 10.4. The molecule has 0 bridgehead atoms. The lowest BCUT2D eigenvalue weighted by Crippen LogP contribution is -2.37. The van der Waals surface area contributed by atoms with E-state index in [2.05, 4.69) is 16.0 Å². The van der Waals surface area contributed by atoms with Crippen LogP contribution in [-0.2, 0) is 9.59 Å². The van der Waals surface area contributed by atoms with E-state index in [1.54, 1.807) is 0 Å². The van der Waals surface area contributed by atoms with E-state index in [1.165, 1.54) is 0 Å². The molecule has 1 unspecified atom stereocenters. The van der Waals surface area contributed by atoms with Crippen LogP contribution < -0.4 is 16.0 Å². The molecule has 1 atom stereocenters. The summed E-state index contributed by atoms with van der Waals surface area (Å²) in [5, 5.41) is 8.51. The van der Waals surface area contributed by atoms with Crippen molar-refractivity contribution in [1.82, 2.24) is 16.0 Å². The molecule has 0 heterocycles. The van der Waals surface area contributed by atoms with Gasteiger partial charge in [0.15, 0.2) is 0 Å². The van der Waals surface area contributed by atoms with Crippen LogP contribution in [0.4, 0.5) is 0 Å². The third-order valence-corrected chi connectivity index (χ3v) is 2.25. The van der Waals surface area contributed by atoms with Crippen molar-refractivity contribution >= 4 is 11.8 Å². The lowest BCUT2D eigenvalue weighted by atomic mass is 10.2. The first-order valence-electron chi connectivity index (χ1n) is 5.80. The fourth-order valence-electron chi connectivity index (χ4n) is 1.04. The highest BCUT2D eigenvalue weighted by atomic mass is 16.2. The Morgan fingerprint density at radius 2 is 1.69 bits per heavy atom. The number of hydrogen-bond donors (Lipinski definition) is 3. The fraction of sp³-hybridized carbons (Fsp3) is 0.818. The first kappa shape index (κ1) is 14.9. The normalized spacial score (nSPS) is 11.9. The molecular formula is C11H23N3O2. The molecule has 0 saturated heterocycles.